The van der Waals surface area contributed by atoms with Crippen LogP contribution >= 0.6 is 0 Å². The first-order valence-corrected chi connectivity index (χ1v) is 7.26. The predicted molar refractivity (Wildman–Crippen MR) is 77.2 cm³/mol. The van der Waals surface area contributed by atoms with Crippen LogP contribution in [0.3, 0.4) is 0 Å². The average Bonchev–Trinajstić information content (AvgIpc) is 2.43. The number of urea groups is 1. The third kappa shape index (κ3) is 4.81. The van der Waals surface area contributed by atoms with Gasteiger partial charge in [0, 0.05) is 12.2 Å². The van der Waals surface area contributed by atoms with Crippen molar-refractivity contribution >= 4 is 6.03 Å². The minimum absolute atomic E-state index is 0.173. The summed E-state index contributed by atoms with van der Waals surface area (Å²) in [5, 5.41) is 15.3. The highest BCUT2D eigenvalue weighted by Crippen LogP contribution is 2.23. The minimum atomic E-state index is -0.199. The number of aliphatic hydroxyl groups excluding tert-OH is 1. The van der Waals surface area contributed by atoms with Crippen molar-refractivity contribution in [2.24, 2.45) is 5.92 Å². The maximum atomic E-state index is 11.7. The lowest BCUT2D eigenvalue weighted by Gasteiger charge is -2.25. The summed E-state index contributed by atoms with van der Waals surface area (Å²) in [6.07, 6.45) is 3.61. The molecule has 1 aromatic heterocycles. The monoisotopic (exact) mass is 277 g/mol. The van der Waals surface area contributed by atoms with Gasteiger partial charge in [-0.3, -0.25) is 4.98 Å². The van der Waals surface area contributed by atoms with E-state index >= 15 is 0 Å². The van der Waals surface area contributed by atoms with Crippen LogP contribution in [-0.4, -0.2) is 28.8 Å². The Hall–Kier alpha value is -1.62. The third-order valence-corrected chi connectivity index (χ3v) is 3.68. The summed E-state index contributed by atoms with van der Waals surface area (Å²) in [5.74, 6) is 0.390. The molecule has 0 saturated heterocycles. The Morgan fingerprint density at radius 3 is 3.00 bits per heavy atom. The lowest BCUT2D eigenvalue weighted by atomic mass is 9.87. The quantitative estimate of drug-likeness (QED) is 0.785. The molecule has 0 bridgehead atoms. The normalized spacial score (nSPS) is 22.3. The Morgan fingerprint density at radius 2 is 2.25 bits per heavy atom. The molecule has 110 valence electrons. The summed E-state index contributed by atoms with van der Waals surface area (Å²) in [5.41, 5.74) is 1.80. The second-order valence-electron chi connectivity index (χ2n) is 5.52. The van der Waals surface area contributed by atoms with Crippen LogP contribution in [0.1, 0.15) is 37.1 Å². The zero-order valence-electron chi connectivity index (χ0n) is 11.9. The van der Waals surface area contributed by atoms with Crippen molar-refractivity contribution in [2.75, 3.05) is 6.54 Å². The molecule has 1 aliphatic rings. The van der Waals surface area contributed by atoms with Crippen molar-refractivity contribution in [1.29, 1.82) is 0 Å². The van der Waals surface area contributed by atoms with Crippen molar-refractivity contribution in [3.63, 3.8) is 0 Å². The molecule has 2 rings (SSSR count). The van der Waals surface area contributed by atoms with Gasteiger partial charge in [-0.15, -0.1) is 0 Å². The van der Waals surface area contributed by atoms with E-state index in [0.29, 0.717) is 19.0 Å². The fourth-order valence-electron chi connectivity index (χ4n) is 2.62. The fraction of sp³-hybridized carbons (Fsp3) is 0.600. The van der Waals surface area contributed by atoms with Crippen molar-refractivity contribution in [2.45, 2.75) is 45.3 Å². The van der Waals surface area contributed by atoms with Crippen molar-refractivity contribution < 1.29 is 9.90 Å². The van der Waals surface area contributed by atoms with Crippen LogP contribution in [0.5, 0.6) is 0 Å². The van der Waals surface area contributed by atoms with E-state index in [2.05, 4.69) is 15.6 Å². The number of aromatic nitrogens is 1. The molecule has 1 aliphatic carbocycles. The van der Waals surface area contributed by atoms with Gasteiger partial charge in [0.2, 0.25) is 0 Å². The lowest BCUT2D eigenvalue weighted by Crippen LogP contribution is -2.39. The van der Waals surface area contributed by atoms with E-state index in [1.807, 2.05) is 25.1 Å². The topological polar surface area (TPSA) is 74.2 Å². The summed E-state index contributed by atoms with van der Waals surface area (Å²) in [6, 6.07) is 5.58. The molecular formula is C15H23N3O2. The minimum Gasteiger partial charge on any atom is -0.393 e. The Kier molecular flexibility index (Phi) is 5.35. The van der Waals surface area contributed by atoms with Crippen LogP contribution in [0.2, 0.25) is 0 Å². The summed E-state index contributed by atoms with van der Waals surface area (Å²) in [7, 11) is 0. The third-order valence-electron chi connectivity index (χ3n) is 3.68. The molecular weight excluding hydrogens is 254 g/mol. The van der Waals surface area contributed by atoms with E-state index in [-0.39, 0.29) is 12.1 Å². The molecule has 0 radical (unpaired) electrons. The molecule has 2 unspecified atom stereocenters. The van der Waals surface area contributed by atoms with Gasteiger partial charge < -0.3 is 15.7 Å². The number of amides is 2. The van der Waals surface area contributed by atoms with Crippen LogP contribution in [0.25, 0.3) is 0 Å². The molecule has 5 nitrogen and oxygen atoms in total. The summed E-state index contributed by atoms with van der Waals surface area (Å²) in [4.78, 5) is 16.0. The number of carbonyl (C=O) groups excluding carboxylic acids is 1. The average molecular weight is 277 g/mol. The van der Waals surface area contributed by atoms with Gasteiger partial charge in [0.15, 0.2) is 0 Å². The van der Waals surface area contributed by atoms with Crippen LogP contribution in [0, 0.1) is 12.8 Å². The maximum absolute atomic E-state index is 11.7. The van der Waals surface area contributed by atoms with Gasteiger partial charge in [0.1, 0.15) is 0 Å². The summed E-state index contributed by atoms with van der Waals surface area (Å²) < 4.78 is 0. The Labute approximate surface area is 119 Å². The zero-order chi connectivity index (χ0) is 14.4. The first kappa shape index (κ1) is 14.8. The number of rotatable bonds is 4. The zero-order valence-corrected chi connectivity index (χ0v) is 11.9. The van der Waals surface area contributed by atoms with Gasteiger partial charge in [-0.05, 0) is 44.2 Å². The van der Waals surface area contributed by atoms with E-state index in [1.54, 1.807) is 0 Å². The van der Waals surface area contributed by atoms with Gasteiger partial charge in [-0.25, -0.2) is 4.79 Å². The van der Waals surface area contributed by atoms with Crippen LogP contribution in [-0.2, 0) is 6.54 Å². The highest BCUT2D eigenvalue weighted by Gasteiger charge is 2.20. The summed E-state index contributed by atoms with van der Waals surface area (Å²) >= 11 is 0. The standard InChI is InChI=1S/C15H23N3O2/c1-11-4-2-6-13(18-11)10-17-15(20)16-9-12-5-3-7-14(19)8-12/h2,4,6,12,14,19H,3,5,7-10H2,1H3,(H2,16,17,20). The van der Waals surface area contributed by atoms with Crippen molar-refractivity contribution in [3.8, 4) is 0 Å². The smallest absolute Gasteiger partial charge is 0.315 e. The number of aliphatic hydroxyl groups is 1. The van der Waals surface area contributed by atoms with Gasteiger partial charge >= 0.3 is 6.03 Å². The number of nitrogens with one attached hydrogen (secondary N) is 2. The van der Waals surface area contributed by atoms with E-state index in [1.165, 1.54) is 0 Å². The number of nitrogens with zero attached hydrogens (tertiary/aromatic N) is 1. The molecule has 0 aromatic carbocycles. The fourth-order valence-corrected chi connectivity index (χ4v) is 2.62. The Balaban J connectivity index is 1.67. The molecule has 5 heteroatoms. The number of aryl methyl sites for hydroxylation is 1. The molecule has 20 heavy (non-hydrogen) atoms. The molecule has 1 aromatic rings. The summed E-state index contributed by atoms with van der Waals surface area (Å²) in [6.45, 7) is 2.99. The van der Waals surface area contributed by atoms with E-state index in [0.717, 1.165) is 37.1 Å². The molecule has 1 fully saturated rings. The maximum Gasteiger partial charge on any atom is 0.315 e. The van der Waals surface area contributed by atoms with Gasteiger partial charge in [-0.1, -0.05) is 12.5 Å². The van der Waals surface area contributed by atoms with E-state index in [9.17, 15) is 9.90 Å². The Bertz CT molecular complexity index is 450. The molecule has 2 atom stereocenters. The number of carbonyl (C=O) groups is 1. The largest absolute Gasteiger partial charge is 0.393 e. The van der Waals surface area contributed by atoms with Crippen molar-refractivity contribution in [1.82, 2.24) is 15.6 Å². The molecule has 0 aliphatic heterocycles. The van der Waals surface area contributed by atoms with E-state index in [4.69, 9.17) is 0 Å². The van der Waals surface area contributed by atoms with Crippen LogP contribution < -0.4 is 10.6 Å². The van der Waals surface area contributed by atoms with Crippen LogP contribution in [0.15, 0.2) is 18.2 Å². The molecule has 2 amide bonds. The first-order valence-electron chi connectivity index (χ1n) is 7.26. The molecule has 0 spiro atoms. The van der Waals surface area contributed by atoms with Crippen molar-refractivity contribution in [3.05, 3.63) is 29.6 Å². The van der Waals surface area contributed by atoms with Gasteiger partial charge in [0.05, 0.1) is 18.3 Å². The van der Waals surface area contributed by atoms with Crippen LogP contribution in [0.4, 0.5) is 4.79 Å². The second kappa shape index (κ2) is 7.24. The molecule has 3 N–H and O–H groups in total. The SMILES string of the molecule is Cc1cccc(CNC(=O)NCC2CCCC(O)C2)n1. The van der Waals surface area contributed by atoms with Gasteiger partial charge in [-0.2, -0.15) is 0 Å². The first-order chi connectivity index (χ1) is 9.63. The molecule has 1 heterocycles. The number of hydrogen-bond donors (Lipinski definition) is 3. The van der Waals surface area contributed by atoms with Gasteiger partial charge in [0.25, 0.3) is 0 Å². The predicted octanol–water partition coefficient (Wildman–Crippen LogP) is 1.74. The number of hydrogen-bond acceptors (Lipinski definition) is 3. The van der Waals surface area contributed by atoms with E-state index < -0.39 is 0 Å². The highest BCUT2D eigenvalue weighted by molar-refractivity contribution is 5.73. The lowest BCUT2D eigenvalue weighted by molar-refractivity contribution is 0.101. The molecule has 1 saturated carbocycles. The number of pyridine rings is 1. The second-order valence-corrected chi connectivity index (χ2v) is 5.52. The highest BCUT2D eigenvalue weighted by atomic mass is 16.3. The Morgan fingerprint density at radius 1 is 1.40 bits per heavy atom.